The van der Waals surface area contributed by atoms with E-state index in [4.69, 9.17) is 4.52 Å². The highest BCUT2D eigenvalue weighted by molar-refractivity contribution is 8.00. The quantitative estimate of drug-likeness (QED) is 0.0646. The van der Waals surface area contributed by atoms with Crippen molar-refractivity contribution in [2.75, 3.05) is 9.80 Å². The van der Waals surface area contributed by atoms with Crippen LogP contribution in [0.3, 0.4) is 0 Å². The minimum Gasteiger partial charge on any atom is -0.508 e. The van der Waals surface area contributed by atoms with E-state index < -0.39 is 6.10 Å². The number of benzene rings is 6. The second kappa shape index (κ2) is 20.1. The number of phenols is 1. The molecule has 6 aromatic carbocycles. The van der Waals surface area contributed by atoms with E-state index in [0.717, 1.165) is 28.9 Å². The SMILES string of the molecule is C[C@@H](CC[C@@H]1C(=O)N(c2ccc(F)cc2)C1c1ccc(OPP)cc1)c1ccc(F)cc1.O=C1[C@@H](CC[C@H](O)c2ccc(F)cc2)[C@H](c2ccc(O)cc2)N1c1ccc(F)cc1. The second-order valence-corrected chi connectivity index (χ2v) is 16.7. The molecule has 7 nitrogen and oxygen atoms in total. The Balaban J connectivity index is 0.000000187. The number of rotatable bonds is 14. The molecule has 6 aromatic rings. The highest BCUT2D eigenvalue weighted by atomic mass is 32.0. The fraction of sp³-hybridized carbons (Fsp3) is 0.224. The number of aliphatic hydroxyl groups is 1. The molecule has 13 heteroatoms. The standard InChI is InChI=1S/C25H25F2NO2P2.C24H21F2NO3/c1-16(17-3-7-19(26)8-4-17)2-15-23-24(18-5-13-22(14-6-18)30-32-31)28(25(23)29)21-11-9-20(27)10-12-21;25-17-5-1-15(2-6-17)22(29)14-13-21-23(16-3-11-20(28)12-4-16)27(24(21)30)19-9-7-18(26)8-10-19/h3-14,16,23-24,32H,2,15,31H2,1H3;1-12,21-23,28-29H,13-14H2/t16-,23-,24?;21-,22-,23-/m00/s1. The molecule has 0 radical (unpaired) electrons. The molecule has 3 unspecified atom stereocenters. The number of amides is 2. The first kappa shape index (κ1) is 44.5. The van der Waals surface area contributed by atoms with Gasteiger partial charge in [0, 0.05) is 11.4 Å². The molecule has 2 N–H and O–H groups in total. The van der Waals surface area contributed by atoms with Crippen molar-refractivity contribution in [2.45, 2.75) is 56.7 Å². The van der Waals surface area contributed by atoms with Gasteiger partial charge in [-0.2, -0.15) is 0 Å². The molecule has 0 bridgehead atoms. The largest absolute Gasteiger partial charge is 0.508 e. The molecule has 2 amide bonds. The van der Waals surface area contributed by atoms with Crippen LogP contribution in [0.4, 0.5) is 28.9 Å². The number of hydrogen-bond acceptors (Lipinski definition) is 5. The fourth-order valence-electron chi connectivity index (χ4n) is 8.25. The molecule has 0 aromatic heterocycles. The van der Waals surface area contributed by atoms with Gasteiger partial charge in [-0.15, -0.1) is 0 Å². The number of β-lactam (4-membered cyclic amide) rings is 2. The highest BCUT2D eigenvalue weighted by Crippen LogP contribution is 2.48. The van der Waals surface area contributed by atoms with Crippen molar-refractivity contribution in [3.63, 3.8) is 0 Å². The first-order valence-corrected chi connectivity index (χ1v) is 23.0. The maximum atomic E-state index is 13.4. The summed E-state index contributed by atoms with van der Waals surface area (Å²) in [5, 5.41) is 20.1. The van der Waals surface area contributed by atoms with Crippen LogP contribution in [-0.4, -0.2) is 22.0 Å². The number of hydrogen-bond donors (Lipinski definition) is 2. The summed E-state index contributed by atoms with van der Waals surface area (Å²) in [5.41, 5.74) is 4.81. The molecule has 0 aliphatic carbocycles. The maximum Gasteiger partial charge on any atom is 0.233 e. The van der Waals surface area contributed by atoms with Crippen molar-refractivity contribution in [3.05, 3.63) is 191 Å². The highest BCUT2D eigenvalue weighted by Gasteiger charge is 2.49. The monoisotopic (exact) mass is 880 g/mol. The number of carbonyl (C=O) groups excluding carboxylic acids is 2. The average molecular weight is 881 g/mol. The molecule has 62 heavy (non-hydrogen) atoms. The van der Waals surface area contributed by atoms with E-state index in [1.807, 2.05) is 24.3 Å². The molecule has 2 fully saturated rings. The molecule has 8 atom stereocenters. The van der Waals surface area contributed by atoms with E-state index in [1.54, 1.807) is 70.5 Å². The number of aromatic hydroxyl groups is 1. The van der Waals surface area contributed by atoms with Crippen molar-refractivity contribution >= 4 is 40.6 Å². The lowest BCUT2D eigenvalue weighted by Crippen LogP contribution is -2.55. The number of nitrogens with zero attached hydrogens (tertiary/aromatic N) is 2. The van der Waals surface area contributed by atoms with Crippen LogP contribution in [-0.2, 0) is 9.59 Å². The van der Waals surface area contributed by atoms with Crippen LogP contribution in [0.2, 0.25) is 0 Å². The van der Waals surface area contributed by atoms with E-state index in [9.17, 15) is 37.4 Å². The van der Waals surface area contributed by atoms with Crippen molar-refractivity contribution < 1.29 is 41.9 Å². The molecular weight excluding hydrogens is 834 g/mol. The van der Waals surface area contributed by atoms with Gasteiger partial charge in [0.2, 0.25) is 11.8 Å². The van der Waals surface area contributed by atoms with E-state index in [-0.39, 0.29) is 79.2 Å². The Morgan fingerprint density at radius 2 is 0.968 bits per heavy atom. The zero-order chi connectivity index (χ0) is 43.9. The minimum absolute atomic E-state index is 0.0414. The van der Waals surface area contributed by atoms with Gasteiger partial charge in [0.15, 0.2) is 0 Å². The van der Waals surface area contributed by atoms with E-state index in [2.05, 4.69) is 15.9 Å². The van der Waals surface area contributed by atoms with Gasteiger partial charge in [0.1, 0.15) is 34.8 Å². The van der Waals surface area contributed by atoms with Gasteiger partial charge >= 0.3 is 0 Å². The van der Waals surface area contributed by atoms with Gasteiger partial charge in [-0.05, 0) is 151 Å². The molecule has 0 spiro atoms. The maximum absolute atomic E-state index is 13.4. The number of carbonyl (C=O) groups is 2. The summed E-state index contributed by atoms with van der Waals surface area (Å²) >= 11 is 0. The summed E-state index contributed by atoms with van der Waals surface area (Å²) in [6.45, 7) is 2.10. The number of halogens is 4. The van der Waals surface area contributed by atoms with E-state index in [0.29, 0.717) is 36.2 Å². The van der Waals surface area contributed by atoms with Crippen LogP contribution in [0, 0.1) is 35.1 Å². The van der Waals surface area contributed by atoms with Crippen LogP contribution in [0.25, 0.3) is 0 Å². The molecule has 8 rings (SSSR count). The lowest BCUT2D eigenvalue weighted by molar-refractivity contribution is -0.131. The van der Waals surface area contributed by atoms with E-state index >= 15 is 0 Å². The topological polar surface area (TPSA) is 90.3 Å². The predicted molar refractivity (Wildman–Crippen MR) is 238 cm³/mol. The number of phenolic OH excluding ortho intramolecular Hbond substituents is 1. The van der Waals surface area contributed by atoms with Crippen LogP contribution in [0.1, 0.15) is 79.0 Å². The Kier molecular flexibility index (Phi) is 14.4. The summed E-state index contributed by atoms with van der Waals surface area (Å²) in [6.07, 6.45) is 1.49. The lowest BCUT2D eigenvalue weighted by Gasteiger charge is -2.48. The third-order valence-corrected chi connectivity index (χ3v) is 12.3. The summed E-state index contributed by atoms with van der Waals surface area (Å²) in [4.78, 5) is 29.5. The molecule has 2 saturated heterocycles. The Bertz CT molecular complexity index is 2430. The summed E-state index contributed by atoms with van der Waals surface area (Å²) < 4.78 is 58.6. The zero-order valence-corrected chi connectivity index (χ0v) is 35.9. The first-order chi connectivity index (χ1) is 29.9. The third kappa shape index (κ3) is 10.2. The van der Waals surface area contributed by atoms with Crippen LogP contribution in [0.15, 0.2) is 146 Å². The Hall–Kier alpha value is -5.60. The summed E-state index contributed by atoms with van der Waals surface area (Å²) in [5.74, 6) is -0.818. The van der Waals surface area contributed by atoms with Crippen molar-refractivity contribution in [3.8, 4) is 11.5 Å². The average Bonchev–Trinajstić information content (AvgIpc) is 3.27. The first-order valence-electron chi connectivity index (χ1n) is 20.3. The summed E-state index contributed by atoms with van der Waals surface area (Å²) in [6, 6.07) is 38.0. The van der Waals surface area contributed by atoms with E-state index in [1.165, 1.54) is 60.7 Å². The van der Waals surface area contributed by atoms with Gasteiger partial charge in [-0.25, -0.2) is 17.6 Å². The van der Waals surface area contributed by atoms with Gasteiger partial charge in [-0.1, -0.05) is 64.4 Å². The third-order valence-electron chi connectivity index (χ3n) is 11.6. The lowest BCUT2D eigenvalue weighted by atomic mass is 9.77. The van der Waals surface area contributed by atoms with Gasteiger partial charge in [-0.3, -0.25) is 9.59 Å². The molecule has 0 saturated carbocycles. The Morgan fingerprint density at radius 1 is 0.581 bits per heavy atom. The van der Waals surface area contributed by atoms with Gasteiger partial charge in [0.05, 0.1) is 38.5 Å². The second-order valence-electron chi connectivity index (χ2n) is 15.5. The van der Waals surface area contributed by atoms with Crippen molar-refractivity contribution in [2.24, 2.45) is 11.8 Å². The molecule has 2 aliphatic rings. The van der Waals surface area contributed by atoms with Gasteiger partial charge < -0.3 is 24.5 Å². The summed E-state index contributed by atoms with van der Waals surface area (Å²) in [7, 11) is 2.83. The normalized spacial score (nSPS) is 19.3. The Labute approximate surface area is 362 Å². The molecule has 320 valence electrons. The zero-order valence-electron chi connectivity index (χ0n) is 33.8. The van der Waals surface area contributed by atoms with Gasteiger partial charge in [0.25, 0.3) is 0 Å². The van der Waals surface area contributed by atoms with Crippen molar-refractivity contribution in [1.82, 2.24) is 0 Å². The van der Waals surface area contributed by atoms with Crippen LogP contribution >= 0.6 is 17.4 Å². The van der Waals surface area contributed by atoms with Crippen LogP contribution in [0.5, 0.6) is 11.5 Å². The molecule has 2 heterocycles. The molecule has 2 aliphatic heterocycles. The smallest absolute Gasteiger partial charge is 0.233 e. The Morgan fingerprint density at radius 3 is 1.40 bits per heavy atom. The molecular formula is C49H46F4N2O5P2. The predicted octanol–water partition coefficient (Wildman–Crippen LogP) is 11.9. The number of aliphatic hydroxyl groups excluding tert-OH is 1. The fourth-order valence-corrected chi connectivity index (χ4v) is 8.93. The minimum atomic E-state index is -0.807. The number of anilines is 2. The van der Waals surface area contributed by atoms with Crippen molar-refractivity contribution in [1.29, 1.82) is 0 Å². The van der Waals surface area contributed by atoms with Crippen LogP contribution < -0.4 is 14.3 Å².